The Kier molecular flexibility index (Phi) is 17.0. The highest BCUT2D eigenvalue weighted by molar-refractivity contribution is 5.88. The molecule has 1 aromatic carbocycles. The number of amides is 3. The van der Waals surface area contributed by atoms with E-state index in [4.69, 9.17) is 0 Å². The summed E-state index contributed by atoms with van der Waals surface area (Å²) in [6.07, 6.45) is 17.5. The van der Waals surface area contributed by atoms with Gasteiger partial charge in [-0.05, 0) is 42.5 Å². The Morgan fingerprint density at radius 3 is 1.95 bits per heavy atom. The third-order valence-corrected chi connectivity index (χ3v) is 6.83. The highest BCUT2D eigenvalue weighted by Crippen LogP contribution is 2.15. The van der Waals surface area contributed by atoms with Crippen molar-refractivity contribution >= 4 is 17.7 Å². The Morgan fingerprint density at radius 2 is 1.28 bits per heavy atom. The summed E-state index contributed by atoms with van der Waals surface area (Å²) < 4.78 is 0. The molecule has 1 atom stereocenters. The first-order valence-electron chi connectivity index (χ1n) is 14.9. The average Bonchev–Trinajstić information content (AvgIpc) is 2.96. The third kappa shape index (κ3) is 15.1. The molecule has 3 amide bonds. The fraction of sp³-hybridized carbons (Fsp3) is 0.562. The predicted molar refractivity (Wildman–Crippen MR) is 157 cm³/mol. The van der Waals surface area contributed by atoms with E-state index in [1.165, 1.54) is 38.5 Å². The molecule has 0 radical (unpaired) electrons. The number of hydrogen-bond acceptors (Lipinski definition) is 4. The lowest BCUT2D eigenvalue weighted by Crippen LogP contribution is -2.40. The van der Waals surface area contributed by atoms with E-state index in [2.05, 4.69) is 27.9 Å². The lowest BCUT2D eigenvalue weighted by molar-refractivity contribution is -0.129. The molecule has 214 valence electrons. The molecule has 0 aliphatic rings. The third-order valence-electron chi connectivity index (χ3n) is 6.83. The summed E-state index contributed by atoms with van der Waals surface area (Å²) >= 11 is 0. The molecule has 0 fully saturated rings. The fourth-order valence-corrected chi connectivity index (χ4v) is 4.47. The van der Waals surface area contributed by atoms with Gasteiger partial charge in [-0.1, -0.05) is 95.0 Å². The second-order valence-electron chi connectivity index (χ2n) is 10.2. The first-order valence-corrected chi connectivity index (χ1v) is 14.9. The number of carbonyl (C=O) groups is 3. The van der Waals surface area contributed by atoms with Crippen LogP contribution < -0.4 is 16.0 Å². The van der Waals surface area contributed by atoms with Gasteiger partial charge >= 0.3 is 0 Å². The van der Waals surface area contributed by atoms with E-state index in [0.29, 0.717) is 25.9 Å². The maximum atomic E-state index is 13.0. The molecule has 7 nitrogen and oxygen atoms in total. The molecule has 1 heterocycles. The van der Waals surface area contributed by atoms with Gasteiger partial charge in [-0.15, -0.1) is 0 Å². The molecule has 2 aromatic rings. The number of rotatable bonds is 21. The molecule has 0 bridgehead atoms. The molecular formula is C32H48N4O3. The summed E-state index contributed by atoms with van der Waals surface area (Å²) in [5.74, 6) is -0.258. The summed E-state index contributed by atoms with van der Waals surface area (Å²) in [7, 11) is 0. The smallest absolute Gasteiger partial charge is 0.247 e. The fourth-order valence-electron chi connectivity index (χ4n) is 4.47. The number of aromatic nitrogens is 1. The highest BCUT2D eigenvalue weighted by atomic mass is 16.2. The summed E-state index contributed by atoms with van der Waals surface area (Å²) in [4.78, 5) is 41.6. The van der Waals surface area contributed by atoms with E-state index in [1.54, 1.807) is 12.4 Å². The minimum absolute atomic E-state index is 0.0228. The van der Waals surface area contributed by atoms with Gasteiger partial charge in [-0.2, -0.15) is 0 Å². The number of benzene rings is 1. The van der Waals surface area contributed by atoms with Gasteiger partial charge in [0.25, 0.3) is 0 Å². The van der Waals surface area contributed by atoms with Crippen molar-refractivity contribution in [3.05, 3.63) is 66.0 Å². The second-order valence-corrected chi connectivity index (χ2v) is 10.2. The number of nitrogens with zero attached hydrogens (tertiary/aromatic N) is 1. The number of unbranched alkanes of at least 4 members (excludes halogenated alkanes) is 10. The first-order chi connectivity index (χ1) is 19.1. The van der Waals surface area contributed by atoms with Gasteiger partial charge in [0.05, 0.1) is 0 Å². The zero-order valence-corrected chi connectivity index (χ0v) is 23.8. The molecule has 0 unspecified atom stereocenters. The standard InChI is InChI=1S/C32H48N4O3/c1-2-3-4-5-6-7-8-9-14-20-30(38)36-31(28-17-12-10-13-18-28)32(39)34-23-16-11-15-19-29(37)35-26-27-21-24-33-25-22-27/h10,12-13,17-18,21-22,24-25,31H,2-9,11,14-16,19-20,23,26H2,1H3,(H,34,39)(H,35,37)(H,36,38)/t31-/m1/s1. The molecule has 0 aliphatic heterocycles. The molecule has 0 saturated heterocycles. The van der Waals surface area contributed by atoms with Crippen LogP contribution in [0.2, 0.25) is 0 Å². The van der Waals surface area contributed by atoms with Crippen LogP contribution in [0.15, 0.2) is 54.9 Å². The number of pyridine rings is 1. The lowest BCUT2D eigenvalue weighted by Gasteiger charge is -2.19. The van der Waals surface area contributed by atoms with Crippen molar-refractivity contribution in [3.8, 4) is 0 Å². The molecule has 1 aromatic heterocycles. The maximum Gasteiger partial charge on any atom is 0.247 e. The molecule has 2 rings (SSSR count). The van der Waals surface area contributed by atoms with Gasteiger partial charge in [0, 0.05) is 38.3 Å². The van der Waals surface area contributed by atoms with E-state index >= 15 is 0 Å². The molecule has 39 heavy (non-hydrogen) atoms. The van der Waals surface area contributed by atoms with Gasteiger partial charge in [-0.25, -0.2) is 0 Å². The van der Waals surface area contributed by atoms with Crippen molar-refractivity contribution in [1.29, 1.82) is 0 Å². The van der Waals surface area contributed by atoms with E-state index in [9.17, 15) is 14.4 Å². The number of hydrogen-bond donors (Lipinski definition) is 3. The van der Waals surface area contributed by atoms with Crippen LogP contribution in [-0.2, 0) is 20.9 Å². The predicted octanol–water partition coefficient (Wildman–Crippen LogP) is 6.15. The zero-order chi connectivity index (χ0) is 28.0. The molecular weight excluding hydrogens is 488 g/mol. The van der Waals surface area contributed by atoms with Crippen LogP contribution in [0, 0.1) is 0 Å². The minimum atomic E-state index is -0.698. The van der Waals surface area contributed by atoms with Crippen LogP contribution in [0.5, 0.6) is 0 Å². The van der Waals surface area contributed by atoms with Gasteiger partial charge in [0.15, 0.2) is 0 Å². The van der Waals surface area contributed by atoms with Crippen LogP contribution >= 0.6 is 0 Å². The average molecular weight is 537 g/mol. The molecule has 7 heteroatoms. The molecule has 0 spiro atoms. The lowest BCUT2D eigenvalue weighted by atomic mass is 10.0. The van der Waals surface area contributed by atoms with Crippen LogP contribution in [0.3, 0.4) is 0 Å². The zero-order valence-electron chi connectivity index (χ0n) is 23.8. The summed E-state index contributed by atoms with van der Waals surface area (Å²) in [6, 6.07) is 12.5. The Morgan fingerprint density at radius 1 is 0.692 bits per heavy atom. The van der Waals surface area contributed by atoms with Crippen molar-refractivity contribution in [3.63, 3.8) is 0 Å². The van der Waals surface area contributed by atoms with Crippen LogP contribution in [0.4, 0.5) is 0 Å². The first kappa shape index (κ1) is 32.0. The molecule has 0 aliphatic carbocycles. The largest absolute Gasteiger partial charge is 0.354 e. The Hall–Kier alpha value is -3.22. The SMILES string of the molecule is CCCCCCCCCCCC(=O)N[C@@H](C(=O)NCCCCCC(=O)NCc1ccncc1)c1ccccc1. The summed E-state index contributed by atoms with van der Waals surface area (Å²) in [5.41, 5.74) is 1.80. The second kappa shape index (κ2) is 20.7. The van der Waals surface area contributed by atoms with Gasteiger partial charge in [0.2, 0.25) is 17.7 Å². The van der Waals surface area contributed by atoms with E-state index in [0.717, 1.165) is 49.7 Å². The number of carbonyl (C=O) groups excluding carboxylic acids is 3. The molecule has 0 saturated carbocycles. The summed E-state index contributed by atoms with van der Waals surface area (Å²) in [6.45, 7) is 3.24. The Labute approximate surface area is 235 Å². The Bertz CT molecular complexity index is 937. The van der Waals surface area contributed by atoms with Gasteiger partial charge in [0.1, 0.15) is 6.04 Å². The minimum Gasteiger partial charge on any atom is -0.354 e. The van der Waals surface area contributed by atoms with Crippen LogP contribution in [-0.4, -0.2) is 29.3 Å². The normalized spacial score (nSPS) is 11.5. The Balaban J connectivity index is 1.63. The maximum absolute atomic E-state index is 13.0. The highest BCUT2D eigenvalue weighted by Gasteiger charge is 2.22. The van der Waals surface area contributed by atoms with Crippen molar-refractivity contribution in [2.24, 2.45) is 0 Å². The monoisotopic (exact) mass is 536 g/mol. The topological polar surface area (TPSA) is 100 Å². The van der Waals surface area contributed by atoms with Crippen molar-refractivity contribution in [2.75, 3.05) is 6.54 Å². The van der Waals surface area contributed by atoms with E-state index < -0.39 is 6.04 Å². The van der Waals surface area contributed by atoms with Gasteiger partial charge in [-0.3, -0.25) is 19.4 Å². The van der Waals surface area contributed by atoms with Crippen LogP contribution in [0.1, 0.15) is 114 Å². The summed E-state index contributed by atoms with van der Waals surface area (Å²) in [5, 5.41) is 8.83. The van der Waals surface area contributed by atoms with Crippen molar-refractivity contribution in [1.82, 2.24) is 20.9 Å². The van der Waals surface area contributed by atoms with Crippen molar-refractivity contribution < 1.29 is 14.4 Å². The van der Waals surface area contributed by atoms with Gasteiger partial charge < -0.3 is 16.0 Å². The van der Waals surface area contributed by atoms with Crippen LogP contribution in [0.25, 0.3) is 0 Å². The van der Waals surface area contributed by atoms with E-state index in [-0.39, 0.29) is 17.7 Å². The number of nitrogens with one attached hydrogen (secondary N) is 3. The quantitative estimate of drug-likeness (QED) is 0.167. The molecule has 3 N–H and O–H groups in total. The van der Waals surface area contributed by atoms with Crippen molar-refractivity contribution in [2.45, 2.75) is 109 Å². The van der Waals surface area contributed by atoms with E-state index in [1.807, 2.05) is 42.5 Å².